The minimum absolute atomic E-state index is 0.111. The van der Waals surface area contributed by atoms with Gasteiger partial charge in [0.25, 0.3) is 11.8 Å². The van der Waals surface area contributed by atoms with Crippen LogP contribution in [0.5, 0.6) is 0 Å². The normalized spacial score (nSPS) is 23.1. The summed E-state index contributed by atoms with van der Waals surface area (Å²) < 4.78 is 2.42. The van der Waals surface area contributed by atoms with E-state index in [0.717, 1.165) is 23.6 Å². The standard InChI is InChI=1S/C25H27N5O4/c31-21-7-5-19(22(32)28-21)30-23(33)17-4-2-15(12-18(17)24(30)34)13-26-14-16-3-6-20-25(8-1-9-25)27-10-11-29(16)20/h2-4,6,12,19,26-27H,1,5,7-11,13-14H2,(H,28,31,32). The number of hydrogen-bond acceptors (Lipinski definition) is 6. The molecule has 1 saturated heterocycles. The van der Waals surface area contributed by atoms with Crippen LogP contribution in [0.2, 0.25) is 0 Å². The molecule has 34 heavy (non-hydrogen) atoms. The molecule has 0 bridgehead atoms. The van der Waals surface area contributed by atoms with Crippen molar-refractivity contribution in [3.05, 3.63) is 58.4 Å². The van der Waals surface area contributed by atoms with Crippen LogP contribution in [0.15, 0.2) is 30.3 Å². The minimum Gasteiger partial charge on any atom is -0.344 e. The molecule has 1 atom stereocenters. The van der Waals surface area contributed by atoms with Gasteiger partial charge in [0.05, 0.1) is 16.7 Å². The van der Waals surface area contributed by atoms with Crippen molar-refractivity contribution in [2.75, 3.05) is 6.54 Å². The minimum atomic E-state index is -0.944. The zero-order valence-electron chi connectivity index (χ0n) is 18.9. The highest BCUT2D eigenvalue weighted by Gasteiger charge is 2.45. The van der Waals surface area contributed by atoms with Crippen LogP contribution >= 0.6 is 0 Å². The number of amides is 4. The van der Waals surface area contributed by atoms with Crippen LogP contribution in [0.1, 0.15) is 69.8 Å². The van der Waals surface area contributed by atoms with E-state index in [4.69, 9.17) is 0 Å². The van der Waals surface area contributed by atoms with E-state index in [1.165, 1.54) is 30.7 Å². The third-order valence-corrected chi connectivity index (χ3v) is 7.71. The molecule has 2 fully saturated rings. The van der Waals surface area contributed by atoms with Gasteiger partial charge in [-0.1, -0.05) is 6.07 Å². The maximum absolute atomic E-state index is 13.0. The Bertz CT molecular complexity index is 1230. The second kappa shape index (κ2) is 7.89. The van der Waals surface area contributed by atoms with Gasteiger partial charge in [-0.05, 0) is 55.5 Å². The number of carbonyl (C=O) groups is 4. The number of benzene rings is 1. The third-order valence-electron chi connectivity index (χ3n) is 7.71. The number of nitrogens with one attached hydrogen (secondary N) is 3. The zero-order valence-corrected chi connectivity index (χ0v) is 18.9. The SMILES string of the molecule is O=C1CCC(N2C(=O)c3ccc(CNCc4ccc5n4CCNC54CCC4)cc3C2=O)C(=O)N1. The second-order valence-corrected chi connectivity index (χ2v) is 9.65. The second-order valence-electron chi connectivity index (χ2n) is 9.65. The summed E-state index contributed by atoms with van der Waals surface area (Å²) in [4.78, 5) is 50.5. The first-order valence-corrected chi connectivity index (χ1v) is 12.0. The topological polar surface area (TPSA) is 113 Å². The number of piperidine rings is 1. The predicted molar refractivity (Wildman–Crippen MR) is 122 cm³/mol. The molecule has 4 heterocycles. The fourth-order valence-corrected chi connectivity index (χ4v) is 5.77. The monoisotopic (exact) mass is 461 g/mol. The van der Waals surface area contributed by atoms with Crippen molar-refractivity contribution >= 4 is 23.6 Å². The van der Waals surface area contributed by atoms with E-state index in [9.17, 15) is 19.2 Å². The highest BCUT2D eigenvalue weighted by Crippen LogP contribution is 2.43. The lowest BCUT2D eigenvalue weighted by molar-refractivity contribution is -0.136. The highest BCUT2D eigenvalue weighted by molar-refractivity contribution is 6.23. The number of aromatic nitrogens is 1. The number of hydrogen-bond donors (Lipinski definition) is 3. The fourth-order valence-electron chi connectivity index (χ4n) is 5.77. The molecule has 1 aromatic heterocycles. The van der Waals surface area contributed by atoms with Gasteiger partial charge >= 0.3 is 0 Å². The molecule has 3 aliphatic heterocycles. The molecular formula is C25H27N5O4. The Morgan fingerprint density at radius 2 is 1.82 bits per heavy atom. The molecule has 9 heteroatoms. The highest BCUT2D eigenvalue weighted by atomic mass is 16.2. The van der Waals surface area contributed by atoms with E-state index in [2.05, 4.69) is 32.7 Å². The first-order valence-electron chi connectivity index (χ1n) is 12.0. The molecule has 4 amide bonds. The van der Waals surface area contributed by atoms with Gasteiger partial charge in [-0.25, -0.2) is 0 Å². The molecule has 176 valence electrons. The quantitative estimate of drug-likeness (QED) is 0.576. The first kappa shape index (κ1) is 21.2. The molecule has 3 N–H and O–H groups in total. The summed E-state index contributed by atoms with van der Waals surface area (Å²) in [5, 5.41) is 9.39. The van der Waals surface area contributed by atoms with Crippen molar-refractivity contribution in [3.8, 4) is 0 Å². The summed E-state index contributed by atoms with van der Waals surface area (Å²) >= 11 is 0. The molecule has 1 aromatic carbocycles. The Kier molecular flexibility index (Phi) is 4.93. The van der Waals surface area contributed by atoms with Crippen molar-refractivity contribution in [2.45, 2.75) is 63.3 Å². The summed E-state index contributed by atoms with van der Waals surface area (Å²) in [6, 6.07) is 8.72. The van der Waals surface area contributed by atoms with Crippen LogP contribution in [0.4, 0.5) is 0 Å². The van der Waals surface area contributed by atoms with Gasteiger partial charge in [-0.3, -0.25) is 29.4 Å². The maximum Gasteiger partial charge on any atom is 0.262 e. The first-order chi connectivity index (χ1) is 16.5. The molecule has 2 aromatic rings. The Balaban J connectivity index is 1.14. The molecule has 9 nitrogen and oxygen atoms in total. The van der Waals surface area contributed by atoms with Crippen molar-refractivity contribution in [3.63, 3.8) is 0 Å². The number of imide groups is 2. The lowest BCUT2D eigenvalue weighted by atomic mass is 9.73. The Morgan fingerprint density at radius 3 is 2.59 bits per heavy atom. The molecule has 4 aliphatic rings. The van der Waals surface area contributed by atoms with Gasteiger partial charge in [0.15, 0.2) is 0 Å². The zero-order chi connectivity index (χ0) is 23.4. The molecule has 1 unspecified atom stereocenters. The van der Waals surface area contributed by atoms with Gasteiger partial charge in [-0.2, -0.15) is 0 Å². The Hall–Kier alpha value is -3.30. The summed E-state index contributed by atoms with van der Waals surface area (Å²) in [6.07, 6.45) is 3.93. The number of carbonyl (C=O) groups excluding carboxylic acids is 4. The van der Waals surface area contributed by atoms with Gasteiger partial charge in [0.2, 0.25) is 11.8 Å². The van der Waals surface area contributed by atoms with Gasteiger partial charge in [0, 0.05) is 44.0 Å². The van der Waals surface area contributed by atoms with E-state index >= 15 is 0 Å². The fraction of sp³-hybridized carbons (Fsp3) is 0.440. The number of fused-ring (bicyclic) bond motifs is 3. The number of nitrogens with zero attached hydrogens (tertiary/aromatic N) is 2. The van der Waals surface area contributed by atoms with Gasteiger partial charge < -0.3 is 15.2 Å². The average molecular weight is 462 g/mol. The van der Waals surface area contributed by atoms with Crippen LogP contribution in [0.25, 0.3) is 0 Å². The van der Waals surface area contributed by atoms with Crippen LogP contribution in [-0.2, 0) is 34.8 Å². The van der Waals surface area contributed by atoms with E-state index in [1.807, 2.05) is 6.07 Å². The van der Waals surface area contributed by atoms with Crippen LogP contribution in [0, 0.1) is 0 Å². The average Bonchev–Trinajstić information content (AvgIpc) is 3.32. The van der Waals surface area contributed by atoms with Crippen LogP contribution in [0.3, 0.4) is 0 Å². The number of rotatable bonds is 5. The summed E-state index contributed by atoms with van der Waals surface area (Å²) in [5.41, 5.74) is 4.31. The molecular weight excluding hydrogens is 434 g/mol. The van der Waals surface area contributed by atoms with E-state index < -0.39 is 23.8 Å². The van der Waals surface area contributed by atoms with E-state index in [0.29, 0.717) is 24.2 Å². The maximum atomic E-state index is 13.0. The van der Waals surface area contributed by atoms with Crippen LogP contribution < -0.4 is 16.0 Å². The molecule has 0 radical (unpaired) electrons. The largest absolute Gasteiger partial charge is 0.344 e. The third kappa shape index (κ3) is 3.22. The predicted octanol–water partition coefficient (Wildman–Crippen LogP) is 1.16. The van der Waals surface area contributed by atoms with Gasteiger partial charge in [-0.15, -0.1) is 0 Å². The summed E-state index contributed by atoms with van der Waals surface area (Å²) in [6.45, 7) is 3.21. The van der Waals surface area contributed by atoms with E-state index in [-0.39, 0.29) is 24.3 Å². The van der Waals surface area contributed by atoms with Crippen molar-refractivity contribution in [2.24, 2.45) is 0 Å². The summed E-state index contributed by atoms with van der Waals surface area (Å²) in [5.74, 6) is -1.93. The molecule has 6 rings (SSSR count). The molecule has 1 aliphatic carbocycles. The van der Waals surface area contributed by atoms with E-state index in [1.54, 1.807) is 12.1 Å². The lowest BCUT2D eigenvalue weighted by Gasteiger charge is -2.46. The lowest BCUT2D eigenvalue weighted by Crippen LogP contribution is -2.54. The van der Waals surface area contributed by atoms with Crippen molar-refractivity contribution in [1.82, 2.24) is 25.4 Å². The smallest absolute Gasteiger partial charge is 0.262 e. The summed E-state index contributed by atoms with van der Waals surface area (Å²) in [7, 11) is 0. The van der Waals surface area contributed by atoms with Crippen LogP contribution in [-0.4, -0.2) is 45.7 Å². The Morgan fingerprint density at radius 1 is 1.00 bits per heavy atom. The van der Waals surface area contributed by atoms with Crippen molar-refractivity contribution < 1.29 is 19.2 Å². The Labute approximate surface area is 196 Å². The molecule has 1 saturated carbocycles. The molecule has 1 spiro atoms. The van der Waals surface area contributed by atoms with Crippen molar-refractivity contribution in [1.29, 1.82) is 0 Å². The van der Waals surface area contributed by atoms with Gasteiger partial charge in [0.1, 0.15) is 6.04 Å².